The van der Waals surface area contributed by atoms with Crippen molar-refractivity contribution in [3.63, 3.8) is 0 Å². The molecule has 7 heteroatoms. The predicted octanol–water partition coefficient (Wildman–Crippen LogP) is 6.03. The minimum atomic E-state index is -0.831. The lowest BCUT2D eigenvalue weighted by Crippen LogP contribution is -2.64. The quantitative estimate of drug-likeness (QED) is 0.449. The van der Waals surface area contributed by atoms with Crippen molar-refractivity contribution < 1.29 is 19.1 Å². The summed E-state index contributed by atoms with van der Waals surface area (Å²) in [4.78, 5) is 32.2. The van der Waals surface area contributed by atoms with Crippen molar-refractivity contribution in [1.82, 2.24) is 15.2 Å². The molecule has 2 heterocycles. The normalized spacial score (nSPS) is 17.5. The zero-order chi connectivity index (χ0) is 26.9. The van der Waals surface area contributed by atoms with Crippen LogP contribution in [0.15, 0.2) is 54.7 Å². The molecule has 1 saturated heterocycles. The van der Waals surface area contributed by atoms with E-state index in [2.05, 4.69) is 47.6 Å². The van der Waals surface area contributed by atoms with Gasteiger partial charge in [-0.3, -0.25) is 9.78 Å². The van der Waals surface area contributed by atoms with Crippen molar-refractivity contribution in [2.45, 2.75) is 77.0 Å². The third-order valence-electron chi connectivity index (χ3n) is 7.58. The molecule has 2 amide bonds. The maximum absolute atomic E-state index is 13.4. The summed E-state index contributed by atoms with van der Waals surface area (Å²) in [5.41, 5.74) is 3.06. The molecule has 2 aliphatic rings. The van der Waals surface area contributed by atoms with Gasteiger partial charge in [-0.15, -0.1) is 0 Å². The second-order valence-electron chi connectivity index (χ2n) is 11.5. The van der Waals surface area contributed by atoms with Gasteiger partial charge in [0, 0.05) is 37.5 Å². The van der Waals surface area contributed by atoms with Crippen molar-refractivity contribution in [1.29, 1.82) is 0 Å². The average Bonchev–Trinajstić information content (AvgIpc) is 2.86. The lowest BCUT2D eigenvalue weighted by molar-refractivity contribution is -0.144. The van der Waals surface area contributed by atoms with Crippen LogP contribution >= 0.6 is 0 Å². The molecule has 0 bridgehead atoms. The van der Waals surface area contributed by atoms with Gasteiger partial charge in [-0.1, -0.05) is 30.3 Å². The summed E-state index contributed by atoms with van der Waals surface area (Å²) in [5, 5.41) is 4.02. The first-order valence-electron chi connectivity index (χ1n) is 13.6. The molecular formula is C31H37N3O4. The Balaban J connectivity index is 1.17. The van der Waals surface area contributed by atoms with Gasteiger partial charge in [-0.25, -0.2) is 4.79 Å². The number of likely N-dealkylation sites (tertiary alicyclic amines) is 1. The van der Waals surface area contributed by atoms with Gasteiger partial charge in [0.05, 0.1) is 5.52 Å². The summed E-state index contributed by atoms with van der Waals surface area (Å²) in [6.07, 6.45) is 5.10. The fraction of sp³-hybridized carbons (Fsp3) is 0.452. The number of nitrogens with zero attached hydrogens (tertiary/aromatic N) is 2. The standard InChI is InChI=1S/C31H37N3O4/c1-21-26(13-10-23-7-5-18-32-27(21)23)22-8-11-24(12-9-22)37-25-14-19-34(20-15-25)28(35)31(16-6-17-31)33-29(36)38-30(2,3)4/h5,7-13,18,25H,6,14-17,19-20H2,1-4H3,(H,33,36). The number of alkyl carbamates (subject to hydrolysis) is 1. The Labute approximate surface area is 224 Å². The van der Waals surface area contributed by atoms with Crippen LogP contribution in [0.25, 0.3) is 22.0 Å². The molecule has 38 heavy (non-hydrogen) atoms. The number of amides is 2. The molecule has 5 rings (SSSR count). The Morgan fingerprint density at radius 3 is 2.37 bits per heavy atom. The summed E-state index contributed by atoms with van der Waals surface area (Å²) >= 11 is 0. The van der Waals surface area contributed by atoms with Gasteiger partial charge in [0.25, 0.3) is 0 Å². The Bertz CT molecular complexity index is 1320. The molecule has 0 atom stereocenters. The third-order valence-corrected chi connectivity index (χ3v) is 7.58. The molecule has 2 fully saturated rings. The van der Waals surface area contributed by atoms with E-state index >= 15 is 0 Å². The van der Waals surface area contributed by atoms with Gasteiger partial charge >= 0.3 is 6.09 Å². The molecule has 1 aliphatic heterocycles. The molecule has 1 N–H and O–H groups in total. The smallest absolute Gasteiger partial charge is 0.408 e. The van der Waals surface area contributed by atoms with E-state index in [4.69, 9.17) is 9.47 Å². The highest BCUT2D eigenvalue weighted by Crippen LogP contribution is 2.35. The van der Waals surface area contributed by atoms with Crippen LogP contribution in [0.5, 0.6) is 5.75 Å². The number of benzene rings is 2. The zero-order valence-electron chi connectivity index (χ0n) is 22.8. The molecule has 3 aromatic rings. The number of nitrogens with one attached hydrogen (secondary N) is 1. The minimum absolute atomic E-state index is 0.00217. The number of fused-ring (bicyclic) bond motifs is 1. The van der Waals surface area contributed by atoms with E-state index < -0.39 is 17.2 Å². The first-order valence-corrected chi connectivity index (χ1v) is 13.6. The molecular weight excluding hydrogens is 478 g/mol. The molecule has 200 valence electrons. The molecule has 0 spiro atoms. The number of carbonyl (C=O) groups is 2. The lowest BCUT2D eigenvalue weighted by atomic mass is 9.75. The van der Waals surface area contributed by atoms with E-state index in [0.29, 0.717) is 25.9 Å². The average molecular weight is 516 g/mol. The lowest BCUT2D eigenvalue weighted by Gasteiger charge is -2.45. The molecule has 1 aromatic heterocycles. The minimum Gasteiger partial charge on any atom is -0.490 e. The van der Waals surface area contributed by atoms with Crippen LogP contribution < -0.4 is 10.1 Å². The van der Waals surface area contributed by atoms with Crippen molar-refractivity contribution in [3.05, 3.63) is 60.3 Å². The van der Waals surface area contributed by atoms with Crippen LogP contribution in [0.3, 0.4) is 0 Å². The maximum Gasteiger partial charge on any atom is 0.408 e. The van der Waals surface area contributed by atoms with Gasteiger partial charge in [0.2, 0.25) is 5.91 Å². The molecule has 1 saturated carbocycles. The molecule has 7 nitrogen and oxygen atoms in total. The topological polar surface area (TPSA) is 80.8 Å². The van der Waals surface area contributed by atoms with E-state index in [1.165, 1.54) is 11.1 Å². The van der Waals surface area contributed by atoms with E-state index in [1.807, 2.05) is 50.1 Å². The summed E-state index contributed by atoms with van der Waals surface area (Å²) in [7, 11) is 0. The highest BCUT2D eigenvalue weighted by molar-refractivity contribution is 5.91. The fourth-order valence-electron chi connectivity index (χ4n) is 5.41. The van der Waals surface area contributed by atoms with E-state index in [0.717, 1.165) is 41.5 Å². The van der Waals surface area contributed by atoms with Gasteiger partial charge in [-0.05, 0) is 81.8 Å². The van der Waals surface area contributed by atoms with Crippen LogP contribution in [0.4, 0.5) is 4.79 Å². The Morgan fingerprint density at radius 1 is 1.03 bits per heavy atom. The van der Waals surface area contributed by atoms with Crippen LogP contribution in [0.2, 0.25) is 0 Å². The number of aryl methyl sites for hydroxylation is 1. The second kappa shape index (κ2) is 10.3. The monoisotopic (exact) mass is 515 g/mol. The van der Waals surface area contributed by atoms with Crippen LogP contribution in [0, 0.1) is 6.92 Å². The van der Waals surface area contributed by atoms with Gasteiger partial charge in [0.15, 0.2) is 0 Å². The summed E-state index contributed by atoms with van der Waals surface area (Å²) in [6, 6.07) is 16.5. The Kier molecular flexibility index (Phi) is 7.03. The number of hydrogen-bond donors (Lipinski definition) is 1. The maximum atomic E-state index is 13.4. The van der Waals surface area contributed by atoms with Crippen molar-refractivity contribution >= 4 is 22.9 Å². The van der Waals surface area contributed by atoms with E-state index in [1.54, 1.807) is 0 Å². The molecule has 0 unspecified atom stereocenters. The van der Waals surface area contributed by atoms with E-state index in [-0.39, 0.29) is 12.0 Å². The number of carbonyl (C=O) groups excluding carboxylic acids is 2. The largest absolute Gasteiger partial charge is 0.490 e. The first-order chi connectivity index (χ1) is 18.1. The Morgan fingerprint density at radius 2 is 1.74 bits per heavy atom. The van der Waals surface area contributed by atoms with Crippen LogP contribution in [-0.2, 0) is 9.53 Å². The number of piperidine rings is 1. The third kappa shape index (κ3) is 5.47. The highest BCUT2D eigenvalue weighted by Gasteiger charge is 2.48. The number of pyridine rings is 1. The van der Waals surface area contributed by atoms with Gasteiger partial charge in [-0.2, -0.15) is 0 Å². The van der Waals surface area contributed by atoms with Crippen molar-refractivity contribution in [2.75, 3.05) is 13.1 Å². The summed E-state index contributed by atoms with van der Waals surface area (Å²) < 4.78 is 11.7. The van der Waals surface area contributed by atoms with E-state index in [9.17, 15) is 9.59 Å². The highest BCUT2D eigenvalue weighted by atomic mass is 16.6. The number of aromatic nitrogens is 1. The second-order valence-corrected chi connectivity index (χ2v) is 11.5. The van der Waals surface area contributed by atoms with Gasteiger partial charge < -0.3 is 19.7 Å². The zero-order valence-corrected chi connectivity index (χ0v) is 22.8. The molecule has 1 aliphatic carbocycles. The summed E-state index contributed by atoms with van der Waals surface area (Å²) in [6.45, 7) is 8.80. The summed E-state index contributed by atoms with van der Waals surface area (Å²) in [5.74, 6) is 0.829. The number of rotatable bonds is 5. The fourth-order valence-corrected chi connectivity index (χ4v) is 5.41. The predicted molar refractivity (Wildman–Crippen MR) is 148 cm³/mol. The van der Waals surface area contributed by atoms with Crippen LogP contribution in [0.1, 0.15) is 58.4 Å². The first kappa shape index (κ1) is 26.0. The number of hydrogen-bond acceptors (Lipinski definition) is 5. The van der Waals surface area contributed by atoms with Crippen molar-refractivity contribution in [2.24, 2.45) is 0 Å². The molecule has 0 radical (unpaired) electrons. The number of ether oxygens (including phenoxy) is 2. The Hall–Kier alpha value is -3.61. The van der Waals surface area contributed by atoms with Crippen LogP contribution in [-0.4, -0.2) is 52.2 Å². The van der Waals surface area contributed by atoms with Gasteiger partial charge in [0.1, 0.15) is 23.0 Å². The molecule has 2 aromatic carbocycles. The SMILES string of the molecule is Cc1c(-c2ccc(OC3CCN(C(=O)C4(NC(=O)OC(C)(C)C)CCC4)CC3)cc2)ccc2cccnc12. The van der Waals surface area contributed by atoms with Crippen molar-refractivity contribution in [3.8, 4) is 16.9 Å².